The highest BCUT2D eigenvalue weighted by atomic mass is 32.9. The Morgan fingerprint density at radius 1 is 1.29 bits per heavy atom. The van der Waals surface area contributed by atoms with Gasteiger partial charge in [0, 0.05) is 11.6 Å². The first-order valence-corrected chi connectivity index (χ1v) is 13.6. The number of rotatable bonds is 7. The quantitative estimate of drug-likeness (QED) is 0.557. The van der Waals surface area contributed by atoms with Crippen molar-refractivity contribution in [2.75, 3.05) is 12.4 Å². The smallest absolute Gasteiger partial charge is 0.249 e. The Morgan fingerprint density at radius 3 is 2.68 bits per heavy atom. The molecule has 9 heteroatoms. The number of H-pyrrole nitrogens is 1. The van der Waals surface area contributed by atoms with Crippen LogP contribution in [0, 0.1) is 5.92 Å². The van der Waals surface area contributed by atoms with Crippen LogP contribution in [-0.2, 0) is 20.9 Å². The van der Waals surface area contributed by atoms with E-state index in [4.69, 9.17) is 20.9 Å². The fraction of sp³-hybridized carbons (Fsp3) is 0.474. The van der Waals surface area contributed by atoms with E-state index in [9.17, 15) is 0 Å². The predicted octanol–water partition coefficient (Wildman–Crippen LogP) is 5.47. The maximum atomic E-state index is 5.97. The molecule has 28 heavy (non-hydrogen) atoms. The van der Waals surface area contributed by atoms with Crippen LogP contribution in [-0.4, -0.2) is 34.4 Å². The summed E-state index contributed by atoms with van der Waals surface area (Å²) in [6, 6.07) is 7.94. The highest BCUT2D eigenvalue weighted by Gasteiger charge is 2.25. The van der Waals surface area contributed by atoms with Crippen LogP contribution >= 0.6 is 17.1 Å². The number of nitrogens with one attached hydrogen (secondary N) is 2. The van der Waals surface area contributed by atoms with Crippen molar-refractivity contribution in [1.29, 1.82) is 0 Å². The number of benzene rings is 1. The average Bonchev–Trinajstić information content (AvgIpc) is 3.10. The second kappa shape index (κ2) is 11.1. The molecular weight excluding hydrogens is 411 g/mol. The van der Waals surface area contributed by atoms with Crippen LogP contribution in [0.15, 0.2) is 47.4 Å². The molecule has 0 spiro atoms. The second-order valence-electron chi connectivity index (χ2n) is 6.34. The van der Waals surface area contributed by atoms with E-state index in [1.807, 2.05) is 44.2 Å². The van der Waals surface area contributed by atoms with Gasteiger partial charge in [0.25, 0.3) is 0 Å². The summed E-state index contributed by atoms with van der Waals surface area (Å²) >= 11 is 7.11. The van der Waals surface area contributed by atoms with Crippen LogP contribution in [0.25, 0.3) is 11.0 Å². The fourth-order valence-corrected chi connectivity index (χ4v) is 7.10. The van der Waals surface area contributed by atoms with Crippen LogP contribution in [0.4, 0.5) is 0 Å². The number of aromatic nitrogens is 2. The number of nitrogens with zero attached hydrogens (tertiary/aromatic N) is 2. The van der Waals surface area contributed by atoms with E-state index in [-0.39, 0.29) is 6.23 Å². The lowest BCUT2D eigenvalue weighted by Crippen LogP contribution is -2.32. The standard InChI is InChI=1S/C12H23N2O2PS2.C7H6N2/c1-6-15-17(18,19-7-2)16-11-8-10(5)13-12(14-11)9(3)4;1-2-4-7-6(3-1)8-5-9-7/h8-9,11H,6-7H2,1-5H3,(H,13,14);1-5H,(H,8,9). The molecule has 154 valence electrons. The van der Waals surface area contributed by atoms with Crippen molar-refractivity contribution in [2.24, 2.45) is 10.9 Å². The number of hydrogen-bond acceptors (Lipinski definition) is 7. The number of amidine groups is 1. The summed E-state index contributed by atoms with van der Waals surface area (Å²) in [5.74, 6) is 2.15. The topological polar surface area (TPSA) is 71.5 Å². The molecule has 2 atom stereocenters. The minimum Gasteiger partial charge on any atom is -0.348 e. The molecule has 6 nitrogen and oxygen atoms in total. The molecular formula is C19H29N4O2PS2. The molecule has 3 rings (SSSR count). The van der Waals surface area contributed by atoms with Crippen LogP contribution in [0.2, 0.25) is 0 Å². The summed E-state index contributed by atoms with van der Waals surface area (Å²) in [6.07, 6.45) is 3.31. The highest BCUT2D eigenvalue weighted by molar-refractivity contribution is 8.67. The minimum absolute atomic E-state index is 0.332. The summed E-state index contributed by atoms with van der Waals surface area (Å²) in [5, 5.41) is 3.26. The summed E-state index contributed by atoms with van der Waals surface area (Å²) in [4.78, 5) is 11.6. The van der Waals surface area contributed by atoms with Crippen molar-refractivity contribution in [3.63, 3.8) is 0 Å². The van der Waals surface area contributed by atoms with E-state index < -0.39 is 5.69 Å². The number of aliphatic imine (C=N–C) groups is 1. The number of allylic oxidation sites excluding steroid dienone is 1. The monoisotopic (exact) mass is 440 g/mol. The summed E-state index contributed by atoms with van der Waals surface area (Å²) in [5.41, 5.74) is 0.865. The first-order valence-electron chi connectivity index (χ1n) is 9.35. The Kier molecular flexibility index (Phi) is 9.18. The summed E-state index contributed by atoms with van der Waals surface area (Å²) in [6.45, 7) is 10.8. The van der Waals surface area contributed by atoms with E-state index in [0.29, 0.717) is 12.5 Å². The van der Waals surface area contributed by atoms with E-state index in [0.717, 1.165) is 28.3 Å². The molecule has 2 unspecified atom stereocenters. The van der Waals surface area contributed by atoms with Gasteiger partial charge in [-0.25, -0.2) is 9.98 Å². The lowest BCUT2D eigenvalue weighted by Gasteiger charge is -2.27. The van der Waals surface area contributed by atoms with Gasteiger partial charge in [0.15, 0.2) is 6.23 Å². The van der Waals surface area contributed by atoms with E-state index >= 15 is 0 Å². The molecule has 0 bridgehead atoms. The first-order chi connectivity index (χ1) is 13.4. The number of hydrogen-bond donors (Lipinski definition) is 2. The van der Waals surface area contributed by atoms with Crippen LogP contribution in [0.1, 0.15) is 34.6 Å². The summed E-state index contributed by atoms with van der Waals surface area (Å²) in [7, 11) is 0. The molecule has 0 amide bonds. The molecule has 1 aliphatic heterocycles. The number of aromatic amines is 1. The third kappa shape index (κ3) is 7.01. The Morgan fingerprint density at radius 2 is 2.04 bits per heavy atom. The van der Waals surface area contributed by atoms with Gasteiger partial charge in [-0.3, -0.25) is 4.52 Å². The molecule has 2 aromatic rings. The van der Waals surface area contributed by atoms with Crippen LogP contribution < -0.4 is 5.32 Å². The normalized spacial score (nSPS) is 18.6. The van der Waals surface area contributed by atoms with Crippen LogP contribution in [0.3, 0.4) is 0 Å². The van der Waals surface area contributed by atoms with Gasteiger partial charge < -0.3 is 14.8 Å². The molecule has 1 aromatic heterocycles. The average molecular weight is 441 g/mol. The lowest BCUT2D eigenvalue weighted by atomic mass is 10.1. The zero-order chi connectivity index (χ0) is 20.6. The van der Waals surface area contributed by atoms with Gasteiger partial charge in [0.1, 0.15) is 5.84 Å². The predicted molar refractivity (Wildman–Crippen MR) is 124 cm³/mol. The largest absolute Gasteiger partial charge is 0.348 e. The molecule has 0 saturated heterocycles. The molecule has 2 heterocycles. The van der Waals surface area contributed by atoms with Crippen molar-refractivity contribution >= 4 is 45.8 Å². The Balaban J connectivity index is 0.000000255. The molecule has 1 aliphatic rings. The minimum atomic E-state index is -2.30. The summed E-state index contributed by atoms with van der Waals surface area (Å²) < 4.78 is 11.6. The molecule has 0 saturated carbocycles. The molecule has 0 radical (unpaired) electrons. The van der Waals surface area contributed by atoms with Gasteiger partial charge in [-0.2, -0.15) is 0 Å². The van der Waals surface area contributed by atoms with Crippen molar-refractivity contribution in [2.45, 2.75) is 40.8 Å². The van der Waals surface area contributed by atoms with E-state index in [1.165, 1.54) is 0 Å². The van der Waals surface area contributed by atoms with Gasteiger partial charge >= 0.3 is 0 Å². The number of fused-ring (bicyclic) bond motifs is 1. The lowest BCUT2D eigenvalue weighted by molar-refractivity contribution is 0.229. The van der Waals surface area contributed by atoms with Gasteiger partial charge in [0.05, 0.1) is 24.0 Å². The SMILES string of the molecule is CCOP(=S)(OC1C=C(C)NC(C(C)C)=N1)SCC.c1ccc2[nH]cnc2c1. The first kappa shape index (κ1) is 23.1. The zero-order valence-corrected chi connectivity index (χ0v) is 19.5. The third-order valence-electron chi connectivity index (χ3n) is 3.67. The van der Waals surface area contributed by atoms with Crippen molar-refractivity contribution in [1.82, 2.24) is 15.3 Å². The van der Waals surface area contributed by atoms with E-state index in [2.05, 4.69) is 41.0 Å². The van der Waals surface area contributed by atoms with Crippen LogP contribution in [0.5, 0.6) is 0 Å². The van der Waals surface area contributed by atoms with Crippen molar-refractivity contribution in [3.05, 3.63) is 42.4 Å². The molecule has 1 aromatic carbocycles. The number of imidazole rings is 1. The van der Waals surface area contributed by atoms with Gasteiger partial charge in [-0.15, -0.1) is 0 Å². The van der Waals surface area contributed by atoms with Gasteiger partial charge in [0.2, 0.25) is 5.69 Å². The second-order valence-corrected chi connectivity index (χ2v) is 12.9. The zero-order valence-electron chi connectivity index (χ0n) is 17.0. The molecule has 0 aliphatic carbocycles. The molecule has 2 N–H and O–H groups in total. The maximum Gasteiger partial charge on any atom is 0.249 e. The molecule has 0 fully saturated rings. The van der Waals surface area contributed by atoms with E-state index in [1.54, 1.807) is 17.7 Å². The van der Waals surface area contributed by atoms with Gasteiger partial charge in [-0.1, -0.05) is 44.3 Å². The maximum absolute atomic E-state index is 5.97. The Labute approximate surface area is 176 Å². The Bertz CT molecular complexity index is 826. The fourth-order valence-electron chi connectivity index (χ4n) is 2.44. The van der Waals surface area contributed by atoms with Crippen molar-refractivity contribution < 1.29 is 9.05 Å². The third-order valence-corrected chi connectivity index (χ3v) is 9.11. The highest BCUT2D eigenvalue weighted by Crippen LogP contribution is 2.61. The van der Waals surface area contributed by atoms with Gasteiger partial charge in [-0.05, 0) is 49.6 Å². The number of para-hydroxylation sites is 2. The Hall–Kier alpha value is -1.18. The van der Waals surface area contributed by atoms with Crippen molar-refractivity contribution in [3.8, 4) is 0 Å².